The predicted molar refractivity (Wildman–Crippen MR) is 44.7 cm³/mol. The molecule has 0 unspecified atom stereocenters. The summed E-state index contributed by atoms with van der Waals surface area (Å²) in [6.45, 7) is 5.30. The van der Waals surface area contributed by atoms with Crippen LogP contribution in [0.5, 0.6) is 0 Å². The summed E-state index contributed by atoms with van der Waals surface area (Å²) in [7, 11) is 1.24. The summed E-state index contributed by atoms with van der Waals surface area (Å²) in [4.78, 5) is 3.48. The molecule has 0 atom stereocenters. The van der Waals surface area contributed by atoms with E-state index in [1.165, 1.54) is 7.05 Å². The monoisotopic (exact) mass is 207 g/mol. The summed E-state index contributed by atoms with van der Waals surface area (Å²) in [5.74, 6) is -0.755. The summed E-state index contributed by atoms with van der Waals surface area (Å²) in [5, 5.41) is 3.73. The van der Waals surface area contributed by atoms with E-state index in [1.54, 1.807) is 20.8 Å². The molecule has 0 radical (unpaired) electrons. The van der Waals surface area contributed by atoms with Gasteiger partial charge in [-0.3, -0.25) is 0 Å². The van der Waals surface area contributed by atoms with Crippen molar-refractivity contribution < 1.29 is 13.2 Å². The first kappa shape index (κ1) is 11.0. The average molecular weight is 207 g/mol. The van der Waals surface area contributed by atoms with Gasteiger partial charge in [-0.25, -0.2) is 9.67 Å². The van der Waals surface area contributed by atoms with Crippen molar-refractivity contribution in [3.63, 3.8) is 0 Å². The Kier molecular flexibility index (Phi) is 2.33. The number of alkyl halides is 3. The Hall–Kier alpha value is -1.07. The summed E-state index contributed by atoms with van der Waals surface area (Å²) < 4.78 is 37.7. The van der Waals surface area contributed by atoms with Crippen molar-refractivity contribution in [2.45, 2.75) is 32.4 Å². The maximum Gasteiger partial charge on any atom is 0.451 e. The number of rotatable bonds is 0. The van der Waals surface area contributed by atoms with Gasteiger partial charge in [0, 0.05) is 12.5 Å². The van der Waals surface area contributed by atoms with Gasteiger partial charge < -0.3 is 0 Å². The Labute approximate surface area is 79.9 Å². The predicted octanol–water partition coefficient (Wildman–Crippen LogP) is 2.13. The molecule has 6 heteroatoms. The molecule has 1 aromatic rings. The van der Waals surface area contributed by atoms with Crippen molar-refractivity contribution in [1.29, 1.82) is 0 Å². The van der Waals surface area contributed by atoms with E-state index in [2.05, 4.69) is 10.1 Å². The maximum absolute atomic E-state index is 12.3. The van der Waals surface area contributed by atoms with Crippen molar-refractivity contribution in [3.8, 4) is 0 Å². The SMILES string of the molecule is Cn1nc(C(C)(C)C)nc1C(F)(F)F. The van der Waals surface area contributed by atoms with Crippen LogP contribution in [0.1, 0.15) is 32.4 Å². The molecule has 0 aliphatic rings. The first-order valence-electron chi connectivity index (χ1n) is 4.11. The number of halogens is 3. The zero-order valence-electron chi connectivity index (χ0n) is 8.48. The second-order valence-electron chi connectivity index (χ2n) is 4.13. The molecule has 0 saturated heterocycles. The number of nitrogens with zero attached hydrogens (tertiary/aromatic N) is 3. The highest BCUT2D eigenvalue weighted by atomic mass is 19.4. The van der Waals surface area contributed by atoms with Gasteiger partial charge in [-0.15, -0.1) is 0 Å². The molecule has 0 aliphatic heterocycles. The maximum atomic E-state index is 12.3. The summed E-state index contributed by atoms with van der Waals surface area (Å²) >= 11 is 0. The summed E-state index contributed by atoms with van der Waals surface area (Å²) in [5.41, 5.74) is -0.471. The molecule has 0 amide bonds. The first-order chi connectivity index (χ1) is 6.12. The second kappa shape index (κ2) is 2.96. The molecular formula is C8H12F3N3. The molecule has 1 heterocycles. The molecule has 1 aromatic heterocycles. The molecule has 3 nitrogen and oxygen atoms in total. The van der Waals surface area contributed by atoms with Crippen LogP contribution in [0.2, 0.25) is 0 Å². The van der Waals surface area contributed by atoms with Gasteiger partial charge in [0.2, 0.25) is 5.82 Å². The van der Waals surface area contributed by atoms with Crippen LogP contribution in [0.4, 0.5) is 13.2 Å². The highest BCUT2D eigenvalue weighted by molar-refractivity contribution is 5.05. The molecule has 0 N–H and O–H groups in total. The molecule has 14 heavy (non-hydrogen) atoms. The zero-order valence-corrected chi connectivity index (χ0v) is 8.48. The van der Waals surface area contributed by atoms with Gasteiger partial charge >= 0.3 is 6.18 Å². The largest absolute Gasteiger partial charge is 0.451 e. The highest BCUT2D eigenvalue weighted by Crippen LogP contribution is 2.29. The van der Waals surface area contributed by atoms with Crippen LogP contribution >= 0.6 is 0 Å². The van der Waals surface area contributed by atoms with Crippen LogP contribution < -0.4 is 0 Å². The third-order valence-electron chi connectivity index (χ3n) is 1.69. The van der Waals surface area contributed by atoms with E-state index < -0.39 is 17.4 Å². The lowest BCUT2D eigenvalue weighted by atomic mass is 9.96. The minimum atomic E-state index is -4.44. The van der Waals surface area contributed by atoms with Crippen LogP contribution in [-0.2, 0) is 18.6 Å². The van der Waals surface area contributed by atoms with Crippen LogP contribution in [-0.4, -0.2) is 14.8 Å². The molecule has 0 fully saturated rings. The third kappa shape index (κ3) is 2.05. The Balaban J connectivity index is 3.19. The van der Waals surface area contributed by atoms with Gasteiger partial charge in [0.05, 0.1) is 0 Å². The van der Waals surface area contributed by atoms with E-state index >= 15 is 0 Å². The smallest absolute Gasteiger partial charge is 0.245 e. The fraction of sp³-hybridized carbons (Fsp3) is 0.750. The van der Waals surface area contributed by atoms with E-state index in [9.17, 15) is 13.2 Å². The second-order valence-corrected chi connectivity index (χ2v) is 4.13. The van der Waals surface area contributed by atoms with Crippen LogP contribution in [0, 0.1) is 0 Å². The summed E-state index contributed by atoms with van der Waals surface area (Å²) in [6, 6.07) is 0. The van der Waals surface area contributed by atoms with Gasteiger partial charge in [0.15, 0.2) is 5.82 Å². The normalized spacial score (nSPS) is 13.4. The Morgan fingerprint density at radius 2 is 1.64 bits per heavy atom. The third-order valence-corrected chi connectivity index (χ3v) is 1.69. The van der Waals surface area contributed by atoms with E-state index in [4.69, 9.17) is 0 Å². The van der Waals surface area contributed by atoms with Gasteiger partial charge in [0.25, 0.3) is 0 Å². The van der Waals surface area contributed by atoms with E-state index in [0.717, 1.165) is 4.68 Å². The molecular weight excluding hydrogens is 195 g/mol. The topological polar surface area (TPSA) is 30.7 Å². The van der Waals surface area contributed by atoms with E-state index in [1.807, 2.05) is 0 Å². The Morgan fingerprint density at radius 3 is 1.86 bits per heavy atom. The standard InChI is InChI=1S/C8H12F3N3/c1-7(2,3)5-12-6(8(9,10)11)14(4)13-5/h1-4H3. The van der Waals surface area contributed by atoms with Gasteiger partial charge in [-0.2, -0.15) is 18.3 Å². The molecule has 0 bridgehead atoms. The average Bonchev–Trinajstić information content (AvgIpc) is 2.27. The number of aromatic nitrogens is 3. The van der Waals surface area contributed by atoms with Crippen molar-refractivity contribution in [2.24, 2.45) is 7.05 Å². The molecule has 0 saturated carbocycles. The Bertz CT molecular complexity index is 333. The zero-order chi connectivity index (χ0) is 11.1. The van der Waals surface area contributed by atoms with Crippen LogP contribution in [0.15, 0.2) is 0 Å². The van der Waals surface area contributed by atoms with Gasteiger partial charge in [0.1, 0.15) is 0 Å². The van der Waals surface area contributed by atoms with Gasteiger partial charge in [-0.1, -0.05) is 20.8 Å². The fourth-order valence-electron chi connectivity index (χ4n) is 0.949. The molecule has 0 aliphatic carbocycles. The van der Waals surface area contributed by atoms with E-state index in [-0.39, 0.29) is 5.82 Å². The number of hydrogen-bond donors (Lipinski definition) is 0. The summed E-state index contributed by atoms with van der Waals surface area (Å²) in [6.07, 6.45) is -4.44. The lowest BCUT2D eigenvalue weighted by Gasteiger charge is -2.12. The van der Waals surface area contributed by atoms with Crippen molar-refractivity contribution in [3.05, 3.63) is 11.6 Å². The molecule has 1 rings (SSSR count). The highest BCUT2D eigenvalue weighted by Gasteiger charge is 2.38. The molecule has 0 aromatic carbocycles. The number of hydrogen-bond acceptors (Lipinski definition) is 2. The van der Waals surface area contributed by atoms with E-state index in [0.29, 0.717) is 0 Å². The van der Waals surface area contributed by atoms with Crippen molar-refractivity contribution in [2.75, 3.05) is 0 Å². The molecule has 0 spiro atoms. The lowest BCUT2D eigenvalue weighted by molar-refractivity contribution is -0.147. The fourth-order valence-corrected chi connectivity index (χ4v) is 0.949. The molecule has 80 valence electrons. The Morgan fingerprint density at radius 1 is 1.14 bits per heavy atom. The van der Waals surface area contributed by atoms with Gasteiger partial charge in [-0.05, 0) is 0 Å². The van der Waals surface area contributed by atoms with Crippen LogP contribution in [0.3, 0.4) is 0 Å². The number of aryl methyl sites for hydroxylation is 1. The quantitative estimate of drug-likeness (QED) is 0.652. The first-order valence-corrected chi connectivity index (χ1v) is 4.11. The van der Waals surface area contributed by atoms with Crippen LogP contribution in [0.25, 0.3) is 0 Å². The van der Waals surface area contributed by atoms with Crippen molar-refractivity contribution in [1.82, 2.24) is 14.8 Å². The minimum Gasteiger partial charge on any atom is -0.245 e. The lowest BCUT2D eigenvalue weighted by Crippen LogP contribution is -2.14. The van der Waals surface area contributed by atoms with Crippen molar-refractivity contribution >= 4 is 0 Å². The minimum absolute atomic E-state index is 0.201.